The van der Waals surface area contributed by atoms with Gasteiger partial charge in [0.05, 0.1) is 12.1 Å². The van der Waals surface area contributed by atoms with Gasteiger partial charge in [0.2, 0.25) is 0 Å². The molecule has 116 valence electrons. The summed E-state index contributed by atoms with van der Waals surface area (Å²) in [6, 6.07) is 3.92. The number of nitrogens with two attached hydrogens (primary N) is 1. The van der Waals surface area contributed by atoms with E-state index in [0.717, 1.165) is 12.8 Å². The van der Waals surface area contributed by atoms with Gasteiger partial charge in [0.25, 0.3) is 5.91 Å². The average Bonchev–Trinajstić information content (AvgIpc) is 2.97. The number of guanidine groups is 1. The molecule has 1 aliphatic carbocycles. The Labute approximate surface area is 142 Å². The van der Waals surface area contributed by atoms with Crippen LogP contribution in [0.3, 0.4) is 0 Å². The molecular formula is C14H22IN5O. The van der Waals surface area contributed by atoms with Gasteiger partial charge in [0.1, 0.15) is 0 Å². The molecule has 1 aromatic rings. The van der Waals surface area contributed by atoms with Gasteiger partial charge >= 0.3 is 0 Å². The maximum absolute atomic E-state index is 11.7. The molecule has 0 aromatic carbocycles. The molecule has 0 aliphatic heterocycles. The summed E-state index contributed by atoms with van der Waals surface area (Å²) in [6.45, 7) is 0.929. The highest BCUT2D eigenvalue weighted by atomic mass is 127. The van der Waals surface area contributed by atoms with Gasteiger partial charge < -0.3 is 16.4 Å². The molecule has 7 heteroatoms. The SMILES string of the molecule is I.NC(=NCCNC(=O)c1cccnc1)NC1CCCC1. The smallest absolute Gasteiger partial charge is 0.252 e. The van der Waals surface area contributed by atoms with Gasteiger partial charge in [-0.05, 0) is 25.0 Å². The Morgan fingerprint density at radius 2 is 2.19 bits per heavy atom. The van der Waals surface area contributed by atoms with E-state index in [-0.39, 0.29) is 29.9 Å². The molecule has 6 nitrogen and oxygen atoms in total. The molecule has 0 bridgehead atoms. The van der Waals surface area contributed by atoms with Crippen molar-refractivity contribution in [2.75, 3.05) is 13.1 Å². The lowest BCUT2D eigenvalue weighted by atomic mass is 10.2. The second-order valence-electron chi connectivity index (χ2n) is 4.89. The number of carbonyl (C=O) groups is 1. The second-order valence-corrected chi connectivity index (χ2v) is 4.89. The maximum atomic E-state index is 11.7. The predicted molar refractivity (Wildman–Crippen MR) is 93.9 cm³/mol. The molecule has 1 aromatic heterocycles. The first-order valence-corrected chi connectivity index (χ1v) is 7.00. The number of aromatic nitrogens is 1. The van der Waals surface area contributed by atoms with Crippen LogP contribution in [0.5, 0.6) is 0 Å². The highest BCUT2D eigenvalue weighted by Gasteiger charge is 2.14. The number of aliphatic imine (C=N–C) groups is 1. The molecular weight excluding hydrogens is 381 g/mol. The lowest BCUT2D eigenvalue weighted by Gasteiger charge is -2.12. The molecule has 1 amide bonds. The summed E-state index contributed by atoms with van der Waals surface area (Å²) >= 11 is 0. The number of pyridine rings is 1. The molecule has 0 saturated heterocycles. The zero-order valence-corrected chi connectivity index (χ0v) is 14.2. The first-order valence-electron chi connectivity index (χ1n) is 7.00. The highest BCUT2D eigenvalue weighted by Crippen LogP contribution is 2.17. The molecule has 0 atom stereocenters. The van der Waals surface area contributed by atoms with Crippen LogP contribution in [0.4, 0.5) is 0 Å². The van der Waals surface area contributed by atoms with Crippen LogP contribution in [-0.4, -0.2) is 36.0 Å². The van der Waals surface area contributed by atoms with E-state index in [1.54, 1.807) is 18.3 Å². The number of carbonyl (C=O) groups excluding carboxylic acids is 1. The van der Waals surface area contributed by atoms with Crippen LogP contribution in [0.2, 0.25) is 0 Å². The third-order valence-corrected chi connectivity index (χ3v) is 3.31. The molecule has 0 unspecified atom stereocenters. The lowest BCUT2D eigenvalue weighted by molar-refractivity contribution is 0.0954. The first kappa shape index (κ1) is 17.7. The third kappa shape index (κ3) is 6.28. The summed E-state index contributed by atoms with van der Waals surface area (Å²) < 4.78 is 0. The number of rotatable bonds is 5. The van der Waals surface area contributed by atoms with Gasteiger partial charge in [-0.15, -0.1) is 24.0 Å². The van der Waals surface area contributed by atoms with Gasteiger partial charge in [-0.25, -0.2) is 0 Å². The van der Waals surface area contributed by atoms with Crippen LogP contribution >= 0.6 is 24.0 Å². The number of hydrogen-bond acceptors (Lipinski definition) is 3. The third-order valence-electron chi connectivity index (χ3n) is 3.31. The molecule has 1 heterocycles. The van der Waals surface area contributed by atoms with Crippen molar-refractivity contribution in [1.82, 2.24) is 15.6 Å². The van der Waals surface area contributed by atoms with E-state index < -0.39 is 0 Å². The standard InChI is InChI=1S/C14H21N5O.HI/c15-14(19-12-5-1-2-6-12)18-9-8-17-13(20)11-4-3-7-16-10-11;/h3-4,7,10,12H,1-2,5-6,8-9H2,(H,17,20)(H3,15,18,19);1H. The summed E-state index contributed by atoms with van der Waals surface area (Å²) in [6.07, 6.45) is 8.01. The van der Waals surface area contributed by atoms with Crippen molar-refractivity contribution in [3.63, 3.8) is 0 Å². The molecule has 21 heavy (non-hydrogen) atoms. The van der Waals surface area contributed by atoms with E-state index in [4.69, 9.17) is 5.73 Å². The minimum Gasteiger partial charge on any atom is -0.370 e. The van der Waals surface area contributed by atoms with Gasteiger partial charge in [-0.2, -0.15) is 0 Å². The Kier molecular flexibility index (Phi) is 8.03. The summed E-state index contributed by atoms with van der Waals surface area (Å²) in [5, 5.41) is 5.98. The monoisotopic (exact) mass is 403 g/mol. The Balaban J connectivity index is 0.00000220. The predicted octanol–water partition coefficient (Wildman–Crippen LogP) is 1.28. The number of hydrogen-bond donors (Lipinski definition) is 3. The quantitative estimate of drug-likeness (QED) is 0.299. The van der Waals surface area contributed by atoms with E-state index in [9.17, 15) is 4.79 Å². The zero-order chi connectivity index (χ0) is 14.2. The van der Waals surface area contributed by atoms with E-state index in [1.807, 2.05) is 0 Å². The molecule has 0 spiro atoms. The van der Waals surface area contributed by atoms with Crippen molar-refractivity contribution >= 4 is 35.8 Å². The van der Waals surface area contributed by atoms with Crippen LogP contribution in [0, 0.1) is 0 Å². The Bertz CT molecular complexity index is 460. The van der Waals surface area contributed by atoms with E-state index in [2.05, 4.69) is 20.6 Å². The molecule has 4 N–H and O–H groups in total. The topological polar surface area (TPSA) is 92.4 Å². The van der Waals surface area contributed by atoms with E-state index in [0.29, 0.717) is 30.7 Å². The minimum atomic E-state index is -0.143. The zero-order valence-electron chi connectivity index (χ0n) is 11.9. The Hall–Kier alpha value is -1.38. The van der Waals surface area contributed by atoms with Crippen molar-refractivity contribution in [2.24, 2.45) is 10.7 Å². The van der Waals surface area contributed by atoms with Crippen molar-refractivity contribution in [1.29, 1.82) is 0 Å². The minimum absolute atomic E-state index is 0. The molecule has 2 rings (SSSR count). The molecule has 0 radical (unpaired) electrons. The number of nitrogens with one attached hydrogen (secondary N) is 2. The molecule has 1 fully saturated rings. The summed E-state index contributed by atoms with van der Waals surface area (Å²) in [7, 11) is 0. The largest absolute Gasteiger partial charge is 0.370 e. The molecule has 1 saturated carbocycles. The maximum Gasteiger partial charge on any atom is 0.252 e. The fourth-order valence-electron chi connectivity index (χ4n) is 2.27. The normalized spacial score (nSPS) is 15.3. The number of nitrogens with zero attached hydrogens (tertiary/aromatic N) is 2. The number of halogens is 1. The second kappa shape index (κ2) is 9.54. The van der Waals surface area contributed by atoms with Crippen LogP contribution < -0.4 is 16.4 Å². The van der Waals surface area contributed by atoms with Crippen molar-refractivity contribution < 1.29 is 4.79 Å². The number of amides is 1. The Morgan fingerprint density at radius 3 is 2.86 bits per heavy atom. The van der Waals surface area contributed by atoms with Gasteiger partial charge in [-0.3, -0.25) is 14.8 Å². The van der Waals surface area contributed by atoms with E-state index in [1.165, 1.54) is 19.0 Å². The summed E-state index contributed by atoms with van der Waals surface area (Å²) in [5.41, 5.74) is 6.35. The van der Waals surface area contributed by atoms with Gasteiger partial charge in [0, 0.05) is 25.0 Å². The van der Waals surface area contributed by atoms with Crippen LogP contribution in [-0.2, 0) is 0 Å². The highest BCUT2D eigenvalue weighted by molar-refractivity contribution is 14.0. The van der Waals surface area contributed by atoms with E-state index >= 15 is 0 Å². The molecule has 1 aliphatic rings. The fraction of sp³-hybridized carbons (Fsp3) is 0.500. The van der Waals surface area contributed by atoms with Crippen molar-refractivity contribution in [3.8, 4) is 0 Å². The fourth-order valence-corrected chi connectivity index (χ4v) is 2.27. The van der Waals surface area contributed by atoms with Crippen LogP contribution in [0.25, 0.3) is 0 Å². The Morgan fingerprint density at radius 1 is 1.43 bits per heavy atom. The lowest BCUT2D eigenvalue weighted by Crippen LogP contribution is -2.39. The van der Waals surface area contributed by atoms with Crippen molar-refractivity contribution in [2.45, 2.75) is 31.7 Å². The van der Waals surface area contributed by atoms with Gasteiger partial charge in [-0.1, -0.05) is 12.8 Å². The summed E-state index contributed by atoms with van der Waals surface area (Å²) in [4.78, 5) is 19.8. The summed E-state index contributed by atoms with van der Waals surface area (Å²) in [5.74, 6) is 0.322. The van der Waals surface area contributed by atoms with Crippen molar-refractivity contribution in [3.05, 3.63) is 30.1 Å². The first-order chi connectivity index (χ1) is 9.75. The average molecular weight is 403 g/mol. The van der Waals surface area contributed by atoms with Crippen LogP contribution in [0.1, 0.15) is 36.0 Å². The van der Waals surface area contributed by atoms with Crippen LogP contribution in [0.15, 0.2) is 29.5 Å². The van der Waals surface area contributed by atoms with Gasteiger partial charge in [0.15, 0.2) is 5.96 Å².